The van der Waals surface area contributed by atoms with Crippen molar-refractivity contribution >= 4 is 35.6 Å². The van der Waals surface area contributed by atoms with Crippen LogP contribution in [0.4, 0.5) is 5.69 Å². The summed E-state index contributed by atoms with van der Waals surface area (Å²) in [5.74, 6) is 0.850. The maximum Gasteiger partial charge on any atom is 0.191 e. The first-order valence-corrected chi connectivity index (χ1v) is 6.79. The number of rotatable bonds is 5. The number of aliphatic imine (C=N–C) groups is 1. The molecule has 0 aromatic heterocycles. The Balaban J connectivity index is 0.00000361. The molecule has 1 aromatic carbocycles. The van der Waals surface area contributed by atoms with Crippen LogP contribution in [0.3, 0.4) is 0 Å². The number of hydrogen-bond donors (Lipinski definition) is 2. The molecular formula is C15H27IN4. The van der Waals surface area contributed by atoms with Crippen molar-refractivity contribution in [2.75, 3.05) is 25.5 Å². The predicted molar refractivity (Wildman–Crippen MR) is 99.4 cm³/mol. The zero-order chi connectivity index (χ0) is 14.3. The molecule has 1 atom stereocenters. The molecule has 4 nitrogen and oxygen atoms in total. The van der Waals surface area contributed by atoms with Crippen LogP contribution in [0.25, 0.3) is 0 Å². The van der Waals surface area contributed by atoms with Crippen molar-refractivity contribution in [1.29, 1.82) is 0 Å². The number of benzene rings is 1. The molecule has 0 saturated carbocycles. The van der Waals surface area contributed by atoms with Gasteiger partial charge in [-0.2, -0.15) is 0 Å². The van der Waals surface area contributed by atoms with Crippen LogP contribution in [-0.4, -0.2) is 38.7 Å². The molecule has 5 heteroatoms. The number of para-hydroxylation sites is 1. The van der Waals surface area contributed by atoms with Crippen LogP contribution in [0.1, 0.15) is 20.8 Å². The number of anilines is 1. The number of halogens is 1. The second kappa shape index (κ2) is 9.85. The summed E-state index contributed by atoms with van der Waals surface area (Å²) in [5, 5.41) is 6.63. The van der Waals surface area contributed by atoms with Gasteiger partial charge in [0.05, 0.1) is 0 Å². The lowest BCUT2D eigenvalue weighted by atomic mass is 10.2. The van der Waals surface area contributed by atoms with Gasteiger partial charge in [-0.25, -0.2) is 0 Å². The first-order valence-electron chi connectivity index (χ1n) is 6.79. The summed E-state index contributed by atoms with van der Waals surface area (Å²) in [4.78, 5) is 6.47. The van der Waals surface area contributed by atoms with Gasteiger partial charge in [-0.3, -0.25) is 4.99 Å². The molecule has 1 rings (SSSR count). The fraction of sp³-hybridized carbons (Fsp3) is 0.533. The third-order valence-electron chi connectivity index (χ3n) is 3.04. The van der Waals surface area contributed by atoms with E-state index in [1.54, 1.807) is 7.05 Å². The van der Waals surface area contributed by atoms with E-state index in [9.17, 15) is 0 Å². The Morgan fingerprint density at radius 1 is 1.20 bits per heavy atom. The third-order valence-corrected chi connectivity index (χ3v) is 3.04. The second-order valence-corrected chi connectivity index (χ2v) is 5.05. The first kappa shape index (κ1) is 19.0. The average Bonchev–Trinajstić information content (AvgIpc) is 2.42. The summed E-state index contributed by atoms with van der Waals surface area (Å²) >= 11 is 0. The number of nitrogens with one attached hydrogen (secondary N) is 2. The molecule has 0 aliphatic carbocycles. The van der Waals surface area contributed by atoms with E-state index in [0.717, 1.165) is 12.5 Å². The maximum absolute atomic E-state index is 4.21. The molecule has 20 heavy (non-hydrogen) atoms. The molecule has 0 amide bonds. The molecule has 0 fully saturated rings. The van der Waals surface area contributed by atoms with Crippen molar-refractivity contribution in [2.24, 2.45) is 4.99 Å². The summed E-state index contributed by atoms with van der Waals surface area (Å²) in [6, 6.07) is 11.2. The van der Waals surface area contributed by atoms with E-state index in [-0.39, 0.29) is 24.0 Å². The zero-order valence-corrected chi connectivity index (χ0v) is 15.4. The summed E-state index contributed by atoms with van der Waals surface area (Å²) in [6.07, 6.45) is 0. The fourth-order valence-corrected chi connectivity index (χ4v) is 1.77. The molecule has 114 valence electrons. The van der Waals surface area contributed by atoms with Crippen molar-refractivity contribution in [2.45, 2.75) is 32.9 Å². The number of hydrogen-bond acceptors (Lipinski definition) is 2. The minimum atomic E-state index is 0. The van der Waals surface area contributed by atoms with Crippen LogP contribution in [0, 0.1) is 0 Å². The monoisotopic (exact) mass is 390 g/mol. The molecule has 0 bridgehead atoms. The highest BCUT2D eigenvalue weighted by molar-refractivity contribution is 14.0. The summed E-state index contributed by atoms with van der Waals surface area (Å²) in [6.45, 7) is 7.25. The molecule has 0 aliphatic heterocycles. The van der Waals surface area contributed by atoms with Crippen LogP contribution < -0.4 is 15.5 Å². The molecule has 0 spiro atoms. The average molecular weight is 390 g/mol. The molecule has 1 unspecified atom stereocenters. The fourth-order valence-electron chi connectivity index (χ4n) is 1.77. The Hall–Kier alpha value is -0.980. The molecule has 0 aliphatic rings. The molecule has 0 heterocycles. The standard InChI is InChI=1S/C15H26N4.HI/c1-12(2)18-15(16-4)17-11-13(3)19(5)14-9-7-6-8-10-14;/h6-10,12-13H,11H2,1-5H3,(H2,16,17,18);1H. The van der Waals surface area contributed by atoms with E-state index in [4.69, 9.17) is 0 Å². The Morgan fingerprint density at radius 2 is 1.80 bits per heavy atom. The van der Waals surface area contributed by atoms with E-state index in [1.165, 1.54) is 5.69 Å². The molecule has 1 aromatic rings. The van der Waals surface area contributed by atoms with Crippen LogP contribution in [0.2, 0.25) is 0 Å². The number of guanidine groups is 1. The van der Waals surface area contributed by atoms with Gasteiger partial charge in [0, 0.05) is 38.4 Å². The highest BCUT2D eigenvalue weighted by atomic mass is 127. The van der Waals surface area contributed by atoms with Gasteiger partial charge in [-0.1, -0.05) is 18.2 Å². The Morgan fingerprint density at radius 3 is 2.30 bits per heavy atom. The molecule has 0 radical (unpaired) electrons. The van der Waals surface area contributed by atoms with E-state index >= 15 is 0 Å². The van der Waals surface area contributed by atoms with Gasteiger partial charge in [-0.15, -0.1) is 24.0 Å². The van der Waals surface area contributed by atoms with E-state index in [0.29, 0.717) is 12.1 Å². The van der Waals surface area contributed by atoms with Gasteiger partial charge >= 0.3 is 0 Å². The Bertz CT molecular complexity index is 392. The molecule has 0 saturated heterocycles. The Labute approximate surface area is 140 Å². The van der Waals surface area contributed by atoms with Gasteiger partial charge < -0.3 is 15.5 Å². The SMILES string of the molecule is CN=C(NCC(C)N(C)c1ccccc1)NC(C)C.I. The summed E-state index contributed by atoms with van der Waals surface area (Å²) in [7, 11) is 3.91. The van der Waals surface area contributed by atoms with Crippen molar-refractivity contribution in [3.8, 4) is 0 Å². The maximum atomic E-state index is 4.21. The molecular weight excluding hydrogens is 363 g/mol. The van der Waals surface area contributed by atoms with Gasteiger partial charge in [-0.05, 0) is 32.9 Å². The van der Waals surface area contributed by atoms with Gasteiger partial charge in [0.25, 0.3) is 0 Å². The topological polar surface area (TPSA) is 39.7 Å². The molecule has 2 N–H and O–H groups in total. The highest BCUT2D eigenvalue weighted by Gasteiger charge is 2.10. The van der Waals surface area contributed by atoms with E-state index < -0.39 is 0 Å². The minimum Gasteiger partial charge on any atom is -0.370 e. The van der Waals surface area contributed by atoms with Crippen LogP contribution in [0.15, 0.2) is 35.3 Å². The van der Waals surface area contributed by atoms with Gasteiger partial charge in [0.15, 0.2) is 5.96 Å². The third kappa shape index (κ3) is 6.45. The Kier molecular flexibility index (Phi) is 9.37. The van der Waals surface area contributed by atoms with Crippen molar-refractivity contribution < 1.29 is 0 Å². The lowest BCUT2D eigenvalue weighted by molar-refractivity contribution is 0.635. The number of nitrogens with zero attached hydrogens (tertiary/aromatic N) is 2. The zero-order valence-electron chi connectivity index (χ0n) is 13.1. The predicted octanol–water partition coefficient (Wildman–Crippen LogP) is 2.70. The normalized spacial score (nSPS) is 12.6. The van der Waals surface area contributed by atoms with Crippen molar-refractivity contribution in [3.63, 3.8) is 0 Å². The number of likely N-dealkylation sites (N-methyl/N-ethyl adjacent to an activating group) is 1. The summed E-state index contributed by atoms with van der Waals surface area (Å²) in [5.41, 5.74) is 1.23. The quantitative estimate of drug-likeness (QED) is 0.462. The van der Waals surface area contributed by atoms with Crippen LogP contribution in [0.5, 0.6) is 0 Å². The van der Waals surface area contributed by atoms with Gasteiger partial charge in [0.2, 0.25) is 0 Å². The first-order chi connectivity index (χ1) is 9.04. The smallest absolute Gasteiger partial charge is 0.191 e. The van der Waals surface area contributed by atoms with E-state index in [1.807, 2.05) is 6.07 Å². The van der Waals surface area contributed by atoms with Gasteiger partial charge in [0.1, 0.15) is 0 Å². The van der Waals surface area contributed by atoms with Crippen molar-refractivity contribution in [3.05, 3.63) is 30.3 Å². The second-order valence-electron chi connectivity index (χ2n) is 5.05. The lowest BCUT2D eigenvalue weighted by Crippen LogP contribution is -2.46. The summed E-state index contributed by atoms with van der Waals surface area (Å²) < 4.78 is 0. The lowest BCUT2D eigenvalue weighted by Gasteiger charge is -2.28. The minimum absolute atomic E-state index is 0. The largest absolute Gasteiger partial charge is 0.370 e. The van der Waals surface area contributed by atoms with Crippen LogP contribution in [-0.2, 0) is 0 Å². The van der Waals surface area contributed by atoms with Crippen molar-refractivity contribution in [1.82, 2.24) is 10.6 Å². The van der Waals surface area contributed by atoms with Crippen LogP contribution >= 0.6 is 24.0 Å². The van der Waals surface area contributed by atoms with E-state index in [2.05, 4.69) is 72.6 Å². The highest BCUT2D eigenvalue weighted by Crippen LogP contribution is 2.13.